The molecule has 2 aromatic rings. The first kappa shape index (κ1) is 16.2. The van der Waals surface area contributed by atoms with Gasteiger partial charge in [0, 0.05) is 22.5 Å². The Morgan fingerprint density at radius 2 is 2.05 bits per heavy atom. The van der Waals surface area contributed by atoms with Crippen molar-refractivity contribution in [1.82, 2.24) is 0 Å². The van der Waals surface area contributed by atoms with Crippen LogP contribution in [0.2, 0.25) is 0 Å². The number of nitrogens with two attached hydrogens (primary N) is 1. The molecule has 1 heterocycles. The summed E-state index contributed by atoms with van der Waals surface area (Å²) in [4.78, 5) is 25.4. The van der Waals surface area contributed by atoms with Crippen LogP contribution in [0.1, 0.15) is 39.9 Å². The lowest BCUT2D eigenvalue weighted by Gasteiger charge is -2.01. The normalized spacial score (nSPS) is 10.4. The summed E-state index contributed by atoms with van der Waals surface area (Å²) in [5.74, 6) is -0.191. The maximum Gasteiger partial charge on any atom is 0.305 e. The number of thiophene rings is 1. The first-order valence-corrected chi connectivity index (χ1v) is 8.06. The van der Waals surface area contributed by atoms with Gasteiger partial charge in [-0.25, -0.2) is 0 Å². The molecular formula is C17H19NO3S. The molecule has 116 valence electrons. The second kappa shape index (κ2) is 7.75. The van der Waals surface area contributed by atoms with E-state index in [2.05, 4.69) is 0 Å². The van der Waals surface area contributed by atoms with Crippen LogP contribution < -0.4 is 5.73 Å². The summed E-state index contributed by atoms with van der Waals surface area (Å²) < 4.78 is 4.89. The van der Waals surface area contributed by atoms with Crippen molar-refractivity contribution >= 4 is 28.8 Å². The zero-order valence-corrected chi connectivity index (χ0v) is 13.3. The van der Waals surface area contributed by atoms with E-state index in [0.29, 0.717) is 29.2 Å². The molecule has 0 fully saturated rings. The summed E-state index contributed by atoms with van der Waals surface area (Å²) in [6.45, 7) is 2.21. The topological polar surface area (TPSA) is 69.4 Å². The zero-order valence-electron chi connectivity index (χ0n) is 12.5. The number of rotatable bonds is 7. The van der Waals surface area contributed by atoms with Gasteiger partial charge in [0.1, 0.15) is 0 Å². The number of hydrogen-bond donors (Lipinski definition) is 1. The van der Waals surface area contributed by atoms with Gasteiger partial charge in [-0.3, -0.25) is 9.59 Å². The summed E-state index contributed by atoms with van der Waals surface area (Å²) in [7, 11) is 0. The Hall–Kier alpha value is -2.14. The number of aryl methyl sites for hydroxylation is 1. The number of esters is 1. The van der Waals surface area contributed by atoms with Crippen molar-refractivity contribution in [1.29, 1.82) is 0 Å². The predicted molar refractivity (Wildman–Crippen MR) is 88.2 cm³/mol. The molecule has 0 radical (unpaired) electrons. The Morgan fingerprint density at radius 3 is 2.77 bits per heavy atom. The molecule has 4 nitrogen and oxygen atoms in total. The van der Waals surface area contributed by atoms with Crippen molar-refractivity contribution < 1.29 is 14.3 Å². The van der Waals surface area contributed by atoms with Crippen LogP contribution in [0, 0.1) is 0 Å². The van der Waals surface area contributed by atoms with Crippen LogP contribution >= 0.6 is 11.3 Å². The minimum absolute atomic E-state index is 0.0195. The third kappa shape index (κ3) is 4.43. The minimum atomic E-state index is -0.171. The first-order valence-electron chi connectivity index (χ1n) is 7.24. The van der Waals surface area contributed by atoms with Crippen LogP contribution in [0.15, 0.2) is 36.4 Å². The van der Waals surface area contributed by atoms with Gasteiger partial charge in [0.15, 0.2) is 0 Å². The van der Waals surface area contributed by atoms with E-state index in [4.69, 9.17) is 10.5 Å². The largest absolute Gasteiger partial charge is 0.466 e. The molecule has 0 aliphatic carbocycles. The van der Waals surface area contributed by atoms with Crippen LogP contribution in [0.4, 0.5) is 5.69 Å². The number of carbonyl (C=O) groups excluding carboxylic acids is 2. The molecule has 0 bridgehead atoms. The van der Waals surface area contributed by atoms with Crippen molar-refractivity contribution in [2.24, 2.45) is 0 Å². The molecule has 0 saturated heterocycles. The summed E-state index contributed by atoms with van der Waals surface area (Å²) in [6, 6.07) is 10.7. The van der Waals surface area contributed by atoms with Gasteiger partial charge in [0.05, 0.1) is 11.5 Å². The van der Waals surface area contributed by atoms with E-state index in [0.717, 1.165) is 17.7 Å². The highest BCUT2D eigenvalue weighted by Crippen LogP contribution is 2.22. The summed E-state index contributed by atoms with van der Waals surface area (Å²) in [6.07, 6.45) is 1.91. The molecule has 2 rings (SSSR count). The summed E-state index contributed by atoms with van der Waals surface area (Å²) >= 11 is 1.46. The van der Waals surface area contributed by atoms with Crippen LogP contribution in [-0.4, -0.2) is 18.4 Å². The lowest BCUT2D eigenvalue weighted by Crippen LogP contribution is -2.03. The van der Waals surface area contributed by atoms with E-state index in [1.807, 2.05) is 12.1 Å². The van der Waals surface area contributed by atoms with Gasteiger partial charge in [-0.05, 0) is 44.0 Å². The fourth-order valence-corrected chi connectivity index (χ4v) is 3.11. The maximum atomic E-state index is 12.4. The highest BCUT2D eigenvalue weighted by molar-refractivity contribution is 7.14. The zero-order chi connectivity index (χ0) is 15.9. The van der Waals surface area contributed by atoms with Crippen molar-refractivity contribution in [3.05, 3.63) is 51.7 Å². The van der Waals surface area contributed by atoms with E-state index < -0.39 is 0 Å². The van der Waals surface area contributed by atoms with E-state index in [1.165, 1.54) is 11.3 Å². The monoisotopic (exact) mass is 317 g/mol. The number of ketones is 1. The molecule has 5 heteroatoms. The maximum absolute atomic E-state index is 12.4. The fourth-order valence-electron chi connectivity index (χ4n) is 2.10. The molecule has 0 aliphatic rings. The average molecular weight is 317 g/mol. The third-order valence-electron chi connectivity index (χ3n) is 3.14. The van der Waals surface area contributed by atoms with E-state index in [9.17, 15) is 9.59 Å². The van der Waals surface area contributed by atoms with Gasteiger partial charge in [-0.2, -0.15) is 0 Å². The lowest BCUT2D eigenvalue weighted by molar-refractivity contribution is -0.143. The molecule has 2 N–H and O–H groups in total. The molecule has 1 aromatic carbocycles. The van der Waals surface area contributed by atoms with Gasteiger partial charge < -0.3 is 10.5 Å². The lowest BCUT2D eigenvalue weighted by atomic mass is 10.1. The van der Waals surface area contributed by atoms with Crippen molar-refractivity contribution in [3.8, 4) is 0 Å². The Bertz CT molecular complexity index is 663. The standard InChI is InChI=1S/C17H19NO3S/c1-2-21-16(19)8-4-7-14-9-10-15(22-14)17(20)12-5-3-6-13(18)11-12/h3,5-6,9-11H,2,4,7-8,18H2,1H3. The second-order valence-corrected chi connectivity index (χ2v) is 6.05. The molecule has 0 aliphatic heterocycles. The van der Waals surface area contributed by atoms with Crippen molar-refractivity contribution in [2.45, 2.75) is 26.2 Å². The molecule has 1 aromatic heterocycles. The summed E-state index contributed by atoms with van der Waals surface area (Å²) in [5, 5.41) is 0. The Balaban J connectivity index is 1.93. The molecule has 0 spiro atoms. The molecule has 0 amide bonds. The Kier molecular flexibility index (Phi) is 5.72. The average Bonchev–Trinajstić information content (AvgIpc) is 2.95. The van der Waals surface area contributed by atoms with E-state index in [1.54, 1.807) is 31.2 Å². The number of benzene rings is 1. The van der Waals surface area contributed by atoms with Gasteiger partial charge in [-0.15, -0.1) is 11.3 Å². The number of anilines is 1. The van der Waals surface area contributed by atoms with Crippen LogP contribution in [0.3, 0.4) is 0 Å². The second-order valence-electron chi connectivity index (χ2n) is 4.88. The third-order valence-corrected chi connectivity index (χ3v) is 4.29. The Labute approximate surface area is 133 Å². The number of nitrogen functional groups attached to an aromatic ring is 1. The highest BCUT2D eigenvalue weighted by Gasteiger charge is 2.12. The van der Waals surface area contributed by atoms with Gasteiger partial charge >= 0.3 is 5.97 Å². The molecule has 0 saturated carbocycles. The number of carbonyl (C=O) groups is 2. The molecular weight excluding hydrogens is 298 g/mol. The number of hydrogen-bond acceptors (Lipinski definition) is 5. The quantitative estimate of drug-likeness (QED) is 0.482. The summed E-state index contributed by atoms with van der Waals surface area (Å²) in [5.41, 5.74) is 6.88. The number of ether oxygens (including phenoxy) is 1. The fraction of sp³-hybridized carbons (Fsp3) is 0.294. The smallest absolute Gasteiger partial charge is 0.305 e. The van der Waals surface area contributed by atoms with Gasteiger partial charge in [-0.1, -0.05) is 12.1 Å². The van der Waals surface area contributed by atoms with Crippen LogP contribution in [-0.2, 0) is 16.0 Å². The van der Waals surface area contributed by atoms with E-state index >= 15 is 0 Å². The molecule has 22 heavy (non-hydrogen) atoms. The van der Waals surface area contributed by atoms with Gasteiger partial charge in [0.25, 0.3) is 0 Å². The molecule has 0 atom stereocenters. The predicted octanol–water partition coefficient (Wildman–Crippen LogP) is 3.45. The Morgan fingerprint density at radius 1 is 1.23 bits per heavy atom. The van der Waals surface area contributed by atoms with Crippen LogP contribution in [0.25, 0.3) is 0 Å². The van der Waals surface area contributed by atoms with Crippen molar-refractivity contribution in [2.75, 3.05) is 12.3 Å². The SMILES string of the molecule is CCOC(=O)CCCc1ccc(C(=O)c2cccc(N)c2)s1. The minimum Gasteiger partial charge on any atom is -0.466 e. The first-order chi connectivity index (χ1) is 10.6. The van der Waals surface area contributed by atoms with E-state index in [-0.39, 0.29) is 11.8 Å². The van der Waals surface area contributed by atoms with Crippen LogP contribution in [0.5, 0.6) is 0 Å². The van der Waals surface area contributed by atoms with Crippen molar-refractivity contribution in [3.63, 3.8) is 0 Å². The molecule has 0 unspecified atom stereocenters. The van der Waals surface area contributed by atoms with Gasteiger partial charge in [0.2, 0.25) is 5.78 Å². The highest BCUT2D eigenvalue weighted by atomic mass is 32.1.